The molecule has 3 nitrogen and oxygen atoms in total. The van der Waals surface area contributed by atoms with E-state index in [1.807, 2.05) is 11.0 Å². The highest BCUT2D eigenvalue weighted by Crippen LogP contribution is 2.17. The molecule has 1 aromatic carbocycles. The topological polar surface area (TPSA) is 29.5 Å². The number of carbonyl (C=O) groups excluding carboxylic acids is 1. The summed E-state index contributed by atoms with van der Waals surface area (Å²) < 4.78 is 6.33. The minimum Gasteiger partial charge on any atom is -0.378 e. The van der Waals surface area contributed by atoms with E-state index in [2.05, 4.69) is 35.0 Å². The van der Waals surface area contributed by atoms with Crippen LogP contribution in [0.2, 0.25) is 0 Å². The standard InChI is InChI=1S/C14H18BrNO2/c1-11-10-13(15)4-2-12(11)3-5-14(17)16-6-8-18-9-7-16/h2,4,10H,3,5-9H2,1H3. The number of morpholine rings is 1. The number of hydrogen-bond acceptors (Lipinski definition) is 2. The largest absolute Gasteiger partial charge is 0.378 e. The van der Waals surface area contributed by atoms with E-state index < -0.39 is 0 Å². The van der Waals surface area contributed by atoms with Crippen LogP contribution < -0.4 is 0 Å². The summed E-state index contributed by atoms with van der Waals surface area (Å²) in [5.41, 5.74) is 2.49. The average Bonchev–Trinajstić information content (AvgIpc) is 2.38. The van der Waals surface area contributed by atoms with E-state index in [-0.39, 0.29) is 5.91 Å². The Kier molecular flexibility index (Phi) is 4.78. The molecule has 0 radical (unpaired) electrons. The molecule has 98 valence electrons. The van der Waals surface area contributed by atoms with Crippen LogP contribution in [-0.4, -0.2) is 37.1 Å². The summed E-state index contributed by atoms with van der Waals surface area (Å²) in [6, 6.07) is 6.21. The fourth-order valence-electron chi connectivity index (χ4n) is 2.15. The Bertz CT molecular complexity index is 428. The van der Waals surface area contributed by atoms with Gasteiger partial charge in [0.15, 0.2) is 0 Å². The highest BCUT2D eigenvalue weighted by Gasteiger charge is 2.16. The molecule has 0 atom stereocenters. The highest BCUT2D eigenvalue weighted by molar-refractivity contribution is 9.10. The maximum Gasteiger partial charge on any atom is 0.223 e. The van der Waals surface area contributed by atoms with Crippen LogP contribution in [0.3, 0.4) is 0 Å². The zero-order valence-corrected chi connectivity index (χ0v) is 12.2. The predicted octanol–water partition coefficient (Wildman–Crippen LogP) is 2.55. The molecular formula is C14H18BrNO2. The molecule has 0 saturated carbocycles. The lowest BCUT2D eigenvalue weighted by Crippen LogP contribution is -2.40. The van der Waals surface area contributed by atoms with Crippen LogP contribution in [0.1, 0.15) is 17.5 Å². The molecule has 0 spiro atoms. The van der Waals surface area contributed by atoms with Crippen LogP contribution in [0.4, 0.5) is 0 Å². The van der Waals surface area contributed by atoms with Crippen molar-refractivity contribution in [1.29, 1.82) is 0 Å². The minimum absolute atomic E-state index is 0.237. The van der Waals surface area contributed by atoms with Crippen molar-refractivity contribution < 1.29 is 9.53 Å². The van der Waals surface area contributed by atoms with Gasteiger partial charge in [-0.2, -0.15) is 0 Å². The van der Waals surface area contributed by atoms with Crippen molar-refractivity contribution in [2.75, 3.05) is 26.3 Å². The molecule has 0 aromatic heterocycles. The molecule has 0 aliphatic carbocycles. The average molecular weight is 312 g/mol. The molecule has 0 bridgehead atoms. The number of nitrogens with zero attached hydrogens (tertiary/aromatic N) is 1. The molecule has 1 saturated heterocycles. The lowest BCUT2D eigenvalue weighted by molar-refractivity contribution is -0.135. The number of aryl methyl sites for hydroxylation is 2. The molecule has 1 fully saturated rings. The van der Waals surface area contributed by atoms with E-state index in [0.29, 0.717) is 19.6 Å². The molecule has 0 unspecified atom stereocenters. The third kappa shape index (κ3) is 3.56. The third-order valence-corrected chi connectivity index (χ3v) is 3.77. The van der Waals surface area contributed by atoms with E-state index in [1.54, 1.807) is 0 Å². The summed E-state index contributed by atoms with van der Waals surface area (Å²) in [7, 11) is 0. The van der Waals surface area contributed by atoms with E-state index in [9.17, 15) is 4.79 Å². The van der Waals surface area contributed by atoms with Gasteiger partial charge in [-0.1, -0.05) is 22.0 Å². The van der Waals surface area contributed by atoms with Crippen molar-refractivity contribution in [2.45, 2.75) is 19.8 Å². The first-order valence-corrected chi connectivity index (χ1v) is 7.06. The summed E-state index contributed by atoms with van der Waals surface area (Å²) in [5, 5.41) is 0. The molecule has 0 N–H and O–H groups in total. The van der Waals surface area contributed by atoms with Crippen molar-refractivity contribution in [2.24, 2.45) is 0 Å². The van der Waals surface area contributed by atoms with E-state index in [0.717, 1.165) is 24.0 Å². The van der Waals surface area contributed by atoms with Crippen molar-refractivity contribution in [3.8, 4) is 0 Å². The van der Waals surface area contributed by atoms with Gasteiger partial charge in [-0.3, -0.25) is 4.79 Å². The Labute approximate surface area is 116 Å². The lowest BCUT2D eigenvalue weighted by Gasteiger charge is -2.26. The van der Waals surface area contributed by atoms with E-state index in [1.165, 1.54) is 11.1 Å². The van der Waals surface area contributed by atoms with Gasteiger partial charge in [0.1, 0.15) is 0 Å². The molecule has 1 aromatic rings. The second-order valence-corrected chi connectivity index (χ2v) is 5.48. The van der Waals surface area contributed by atoms with Gasteiger partial charge in [-0.25, -0.2) is 0 Å². The van der Waals surface area contributed by atoms with Gasteiger partial charge >= 0.3 is 0 Å². The molecule has 2 rings (SSSR count). The van der Waals surface area contributed by atoms with Gasteiger partial charge in [0, 0.05) is 24.0 Å². The van der Waals surface area contributed by atoms with Gasteiger partial charge < -0.3 is 9.64 Å². The molecule has 1 amide bonds. The molecule has 18 heavy (non-hydrogen) atoms. The summed E-state index contributed by atoms with van der Waals surface area (Å²) >= 11 is 3.45. The summed E-state index contributed by atoms with van der Waals surface area (Å²) in [6.07, 6.45) is 1.40. The normalized spacial score (nSPS) is 15.8. The Balaban J connectivity index is 1.88. The van der Waals surface area contributed by atoms with Crippen LogP contribution in [-0.2, 0) is 16.0 Å². The monoisotopic (exact) mass is 311 g/mol. The van der Waals surface area contributed by atoms with E-state index in [4.69, 9.17) is 4.74 Å². The van der Waals surface area contributed by atoms with Gasteiger partial charge in [0.05, 0.1) is 13.2 Å². The second-order valence-electron chi connectivity index (χ2n) is 4.56. The lowest BCUT2D eigenvalue weighted by atomic mass is 10.0. The highest BCUT2D eigenvalue weighted by atomic mass is 79.9. The van der Waals surface area contributed by atoms with Crippen molar-refractivity contribution in [3.05, 3.63) is 33.8 Å². The Morgan fingerprint density at radius 2 is 2.11 bits per heavy atom. The van der Waals surface area contributed by atoms with E-state index >= 15 is 0 Å². The van der Waals surface area contributed by atoms with Gasteiger partial charge in [-0.15, -0.1) is 0 Å². The Hall–Kier alpha value is -0.870. The van der Waals surface area contributed by atoms with Crippen LogP contribution in [0.15, 0.2) is 22.7 Å². The smallest absolute Gasteiger partial charge is 0.223 e. The predicted molar refractivity (Wildman–Crippen MR) is 74.6 cm³/mol. The van der Waals surface area contributed by atoms with Crippen molar-refractivity contribution in [1.82, 2.24) is 4.90 Å². The molecule has 1 aliphatic rings. The second kappa shape index (κ2) is 6.34. The number of rotatable bonds is 3. The first-order chi connectivity index (χ1) is 8.66. The Morgan fingerprint density at radius 1 is 1.39 bits per heavy atom. The maximum atomic E-state index is 12.0. The number of benzene rings is 1. The number of ether oxygens (including phenoxy) is 1. The summed E-state index contributed by atoms with van der Waals surface area (Å²) in [6.45, 7) is 4.89. The molecular weight excluding hydrogens is 294 g/mol. The molecule has 4 heteroatoms. The van der Waals surface area contributed by atoms with Crippen molar-refractivity contribution >= 4 is 21.8 Å². The first kappa shape index (κ1) is 13.6. The van der Waals surface area contributed by atoms with Gasteiger partial charge in [0.2, 0.25) is 5.91 Å². The number of amides is 1. The zero-order chi connectivity index (χ0) is 13.0. The van der Waals surface area contributed by atoms with Crippen LogP contribution in [0.25, 0.3) is 0 Å². The fraction of sp³-hybridized carbons (Fsp3) is 0.500. The van der Waals surface area contributed by atoms with Crippen LogP contribution in [0.5, 0.6) is 0 Å². The number of halogens is 1. The van der Waals surface area contributed by atoms with Gasteiger partial charge in [0.25, 0.3) is 0 Å². The summed E-state index contributed by atoms with van der Waals surface area (Å²) in [5.74, 6) is 0.237. The quantitative estimate of drug-likeness (QED) is 0.858. The molecule has 1 aliphatic heterocycles. The number of carbonyl (C=O) groups is 1. The molecule has 1 heterocycles. The maximum absolute atomic E-state index is 12.0. The first-order valence-electron chi connectivity index (χ1n) is 6.27. The third-order valence-electron chi connectivity index (χ3n) is 3.28. The van der Waals surface area contributed by atoms with Gasteiger partial charge in [-0.05, 0) is 36.6 Å². The SMILES string of the molecule is Cc1cc(Br)ccc1CCC(=O)N1CCOCC1. The summed E-state index contributed by atoms with van der Waals surface area (Å²) in [4.78, 5) is 13.9. The van der Waals surface area contributed by atoms with Crippen molar-refractivity contribution in [3.63, 3.8) is 0 Å². The Morgan fingerprint density at radius 3 is 2.78 bits per heavy atom. The fourth-order valence-corrected chi connectivity index (χ4v) is 2.63. The van der Waals surface area contributed by atoms with Crippen LogP contribution >= 0.6 is 15.9 Å². The van der Waals surface area contributed by atoms with Crippen LogP contribution in [0, 0.1) is 6.92 Å². The minimum atomic E-state index is 0.237. The number of hydrogen-bond donors (Lipinski definition) is 0. The zero-order valence-electron chi connectivity index (χ0n) is 10.6.